The molecule has 0 saturated carbocycles. The Bertz CT molecular complexity index is 625. The van der Waals surface area contributed by atoms with E-state index in [4.69, 9.17) is 10.00 Å². The van der Waals surface area contributed by atoms with Crippen LogP contribution in [-0.4, -0.2) is 17.6 Å². The maximum Gasteiger partial charge on any atom is 0.354 e. The molecule has 0 amide bonds. The van der Waals surface area contributed by atoms with Gasteiger partial charge in [0, 0.05) is 9.86 Å². The average Bonchev–Trinajstić information content (AvgIpc) is 2.73. The summed E-state index contributed by atoms with van der Waals surface area (Å²) in [6, 6.07) is 7.17. The number of carbonyl (C=O) groups excluding carboxylic acids is 1. The first-order chi connectivity index (χ1) is 8.15. The second-order valence-electron chi connectivity index (χ2n) is 3.44. The number of esters is 1. The molecule has 0 radical (unpaired) electrons. The summed E-state index contributed by atoms with van der Waals surface area (Å²) in [6.45, 7) is 2.09. The number of fused-ring (bicyclic) bond motifs is 1. The molecule has 2 rings (SSSR count). The minimum atomic E-state index is -0.394. The molecule has 2 aromatic rings. The normalized spacial score (nSPS) is 10.2. The van der Waals surface area contributed by atoms with Crippen LogP contribution < -0.4 is 0 Å². The van der Waals surface area contributed by atoms with Crippen LogP contribution in [0.5, 0.6) is 0 Å². The zero-order chi connectivity index (χ0) is 12.4. The molecule has 0 aliphatic rings. The van der Waals surface area contributed by atoms with E-state index in [0.717, 1.165) is 15.4 Å². The third-order valence-electron chi connectivity index (χ3n) is 2.30. The minimum absolute atomic E-state index is 0.332. The number of carbonyl (C=O) groups is 1. The number of nitrogens with one attached hydrogen (secondary N) is 1. The van der Waals surface area contributed by atoms with Crippen LogP contribution in [0.2, 0.25) is 0 Å². The van der Waals surface area contributed by atoms with Crippen LogP contribution in [0.1, 0.15) is 23.0 Å². The van der Waals surface area contributed by atoms with Gasteiger partial charge in [0.25, 0.3) is 0 Å². The number of nitrogens with zero attached hydrogens (tertiary/aromatic N) is 1. The summed E-state index contributed by atoms with van der Waals surface area (Å²) < 4.78 is 5.66. The van der Waals surface area contributed by atoms with Gasteiger partial charge in [-0.15, -0.1) is 0 Å². The fourth-order valence-corrected chi connectivity index (χ4v) is 2.16. The number of aromatic amines is 1. The van der Waals surface area contributed by atoms with E-state index in [1.165, 1.54) is 0 Å². The summed E-state index contributed by atoms with van der Waals surface area (Å²) >= 11 is 3.36. The lowest BCUT2D eigenvalue weighted by atomic mass is 10.2. The summed E-state index contributed by atoms with van der Waals surface area (Å²) in [4.78, 5) is 14.5. The van der Waals surface area contributed by atoms with Crippen molar-refractivity contribution in [2.24, 2.45) is 0 Å². The zero-order valence-electron chi connectivity index (χ0n) is 9.08. The highest BCUT2D eigenvalue weighted by atomic mass is 79.9. The maximum absolute atomic E-state index is 11.5. The zero-order valence-corrected chi connectivity index (χ0v) is 10.7. The highest BCUT2D eigenvalue weighted by Gasteiger charge is 2.12. The Morgan fingerprint density at radius 2 is 2.29 bits per heavy atom. The summed E-state index contributed by atoms with van der Waals surface area (Å²) in [5.41, 5.74) is 1.71. The number of ether oxygens (including phenoxy) is 1. The lowest BCUT2D eigenvalue weighted by Crippen LogP contribution is -2.04. The molecule has 4 nitrogen and oxygen atoms in total. The Hall–Kier alpha value is -1.80. The summed E-state index contributed by atoms with van der Waals surface area (Å²) in [5.74, 6) is -0.394. The molecule has 0 saturated heterocycles. The van der Waals surface area contributed by atoms with Crippen LogP contribution in [0, 0.1) is 11.3 Å². The van der Waals surface area contributed by atoms with E-state index in [0.29, 0.717) is 17.9 Å². The summed E-state index contributed by atoms with van der Waals surface area (Å²) in [7, 11) is 0. The maximum atomic E-state index is 11.5. The van der Waals surface area contributed by atoms with Crippen LogP contribution >= 0.6 is 15.9 Å². The lowest BCUT2D eigenvalue weighted by Gasteiger charge is -1.97. The predicted octanol–water partition coefficient (Wildman–Crippen LogP) is 2.98. The second kappa shape index (κ2) is 4.60. The Balaban J connectivity index is 2.54. The van der Waals surface area contributed by atoms with Crippen LogP contribution in [0.4, 0.5) is 0 Å². The Kier molecular flexibility index (Phi) is 3.16. The minimum Gasteiger partial charge on any atom is -0.461 e. The van der Waals surface area contributed by atoms with Crippen molar-refractivity contribution in [2.45, 2.75) is 6.92 Å². The molecule has 0 atom stereocenters. The van der Waals surface area contributed by atoms with Crippen molar-refractivity contribution in [3.05, 3.63) is 33.9 Å². The molecule has 0 fully saturated rings. The van der Waals surface area contributed by atoms with Gasteiger partial charge in [-0.05, 0) is 41.1 Å². The van der Waals surface area contributed by atoms with Crippen molar-refractivity contribution in [3.8, 4) is 6.07 Å². The average molecular weight is 293 g/mol. The van der Waals surface area contributed by atoms with Gasteiger partial charge in [0.2, 0.25) is 0 Å². The molecule has 1 N–H and O–H groups in total. The molecule has 0 aliphatic carbocycles. The van der Waals surface area contributed by atoms with E-state index >= 15 is 0 Å². The van der Waals surface area contributed by atoms with Gasteiger partial charge >= 0.3 is 5.97 Å². The molecule has 1 aromatic heterocycles. The predicted molar refractivity (Wildman–Crippen MR) is 66.7 cm³/mol. The number of hydrogen-bond donors (Lipinski definition) is 1. The number of hydrogen-bond acceptors (Lipinski definition) is 3. The molecule has 1 aromatic carbocycles. The summed E-state index contributed by atoms with van der Waals surface area (Å²) in [5, 5.41) is 9.65. The topological polar surface area (TPSA) is 65.9 Å². The van der Waals surface area contributed by atoms with Crippen LogP contribution in [0.15, 0.2) is 22.7 Å². The van der Waals surface area contributed by atoms with E-state index in [-0.39, 0.29) is 0 Å². The van der Waals surface area contributed by atoms with Gasteiger partial charge < -0.3 is 9.72 Å². The van der Waals surface area contributed by atoms with Gasteiger partial charge in [-0.3, -0.25) is 0 Å². The molecule has 0 bridgehead atoms. The smallest absolute Gasteiger partial charge is 0.354 e. The molecule has 17 heavy (non-hydrogen) atoms. The molecule has 5 heteroatoms. The highest BCUT2D eigenvalue weighted by molar-refractivity contribution is 9.10. The Morgan fingerprint density at radius 3 is 2.94 bits per heavy atom. The van der Waals surface area contributed by atoms with Crippen LogP contribution in [-0.2, 0) is 4.74 Å². The van der Waals surface area contributed by atoms with Gasteiger partial charge in [0.1, 0.15) is 5.69 Å². The van der Waals surface area contributed by atoms with Crippen molar-refractivity contribution < 1.29 is 9.53 Å². The van der Waals surface area contributed by atoms with Crippen molar-refractivity contribution in [1.82, 2.24) is 4.98 Å². The monoisotopic (exact) mass is 292 g/mol. The van der Waals surface area contributed by atoms with E-state index < -0.39 is 5.97 Å². The van der Waals surface area contributed by atoms with Crippen LogP contribution in [0.3, 0.4) is 0 Å². The van der Waals surface area contributed by atoms with Crippen molar-refractivity contribution in [2.75, 3.05) is 6.61 Å². The third-order valence-corrected chi connectivity index (χ3v) is 2.93. The largest absolute Gasteiger partial charge is 0.461 e. The number of aromatic nitrogens is 1. The lowest BCUT2D eigenvalue weighted by molar-refractivity contribution is 0.0520. The van der Waals surface area contributed by atoms with Gasteiger partial charge in [0.15, 0.2) is 0 Å². The number of benzene rings is 1. The SMILES string of the molecule is CCOC(=O)c1cc2cc(C#N)cc(Br)c2[nH]1. The van der Waals surface area contributed by atoms with Crippen molar-refractivity contribution >= 4 is 32.8 Å². The molecule has 1 heterocycles. The fourth-order valence-electron chi connectivity index (χ4n) is 1.58. The van der Waals surface area contributed by atoms with E-state index in [1.807, 2.05) is 0 Å². The summed E-state index contributed by atoms with van der Waals surface area (Å²) in [6.07, 6.45) is 0. The standard InChI is InChI=1S/C12H9BrN2O2/c1-2-17-12(16)10-5-8-3-7(6-14)4-9(13)11(8)15-10/h3-5,15H,2H2,1H3. The van der Waals surface area contributed by atoms with Crippen LogP contribution in [0.25, 0.3) is 10.9 Å². The highest BCUT2D eigenvalue weighted by Crippen LogP contribution is 2.26. The van der Waals surface area contributed by atoms with E-state index in [2.05, 4.69) is 27.0 Å². The number of halogens is 1. The quantitative estimate of drug-likeness (QED) is 0.866. The Morgan fingerprint density at radius 1 is 1.53 bits per heavy atom. The third kappa shape index (κ3) is 2.17. The van der Waals surface area contributed by atoms with Gasteiger partial charge in [-0.1, -0.05) is 0 Å². The van der Waals surface area contributed by atoms with Gasteiger partial charge in [-0.25, -0.2) is 4.79 Å². The molecule has 0 unspecified atom stereocenters. The van der Waals surface area contributed by atoms with Gasteiger partial charge in [0.05, 0.1) is 23.8 Å². The van der Waals surface area contributed by atoms with Gasteiger partial charge in [-0.2, -0.15) is 5.26 Å². The molecular weight excluding hydrogens is 284 g/mol. The molecule has 0 aliphatic heterocycles. The number of nitriles is 1. The second-order valence-corrected chi connectivity index (χ2v) is 4.29. The van der Waals surface area contributed by atoms with E-state index in [9.17, 15) is 4.79 Å². The van der Waals surface area contributed by atoms with Crippen molar-refractivity contribution in [1.29, 1.82) is 5.26 Å². The first-order valence-electron chi connectivity index (χ1n) is 5.05. The number of rotatable bonds is 2. The molecule has 0 spiro atoms. The number of H-pyrrole nitrogens is 1. The van der Waals surface area contributed by atoms with Crippen molar-refractivity contribution in [3.63, 3.8) is 0 Å². The Labute approximate surface area is 106 Å². The first-order valence-corrected chi connectivity index (χ1v) is 5.84. The molecule has 86 valence electrons. The first kappa shape index (κ1) is 11.7. The van der Waals surface area contributed by atoms with E-state index in [1.54, 1.807) is 25.1 Å². The fraction of sp³-hybridized carbons (Fsp3) is 0.167. The molecular formula is C12H9BrN2O2.